The number of rotatable bonds is 5. The van der Waals surface area contributed by atoms with Crippen molar-refractivity contribution in [2.75, 3.05) is 6.54 Å². The molecule has 0 radical (unpaired) electrons. The molecular formula is C20H22Cl2N2OS. The molecule has 1 aromatic heterocycles. The van der Waals surface area contributed by atoms with Crippen LogP contribution in [0.5, 0.6) is 0 Å². The van der Waals surface area contributed by atoms with E-state index < -0.39 is 0 Å². The molecule has 0 spiro atoms. The Morgan fingerprint density at radius 3 is 2.65 bits per heavy atom. The molecule has 0 bridgehead atoms. The highest BCUT2D eigenvalue weighted by Gasteiger charge is 2.26. The van der Waals surface area contributed by atoms with Crippen LogP contribution in [-0.4, -0.2) is 28.4 Å². The second-order valence-electron chi connectivity index (χ2n) is 6.41. The zero-order chi connectivity index (χ0) is 18.5. The van der Waals surface area contributed by atoms with E-state index in [0.29, 0.717) is 27.5 Å². The quantitative estimate of drug-likeness (QED) is 0.561. The lowest BCUT2D eigenvalue weighted by atomic mass is 9.99. The highest BCUT2D eigenvalue weighted by atomic mass is 35.5. The van der Waals surface area contributed by atoms with Gasteiger partial charge in [0.1, 0.15) is 5.69 Å². The average molecular weight is 409 g/mol. The van der Waals surface area contributed by atoms with Crippen molar-refractivity contribution in [2.24, 2.45) is 0 Å². The molecule has 1 amide bonds. The SMILES string of the molecule is CCC1CCCCN1C(=O)c1cccc(CSc2c(Cl)cccc2Cl)n1. The molecule has 2 heterocycles. The Bertz CT molecular complexity index is 764. The third-order valence-electron chi connectivity index (χ3n) is 4.67. The first-order valence-corrected chi connectivity index (χ1v) is 10.7. The monoisotopic (exact) mass is 408 g/mol. The van der Waals surface area contributed by atoms with E-state index in [4.69, 9.17) is 23.2 Å². The third kappa shape index (κ3) is 4.54. The number of pyridine rings is 1. The van der Waals surface area contributed by atoms with E-state index in [9.17, 15) is 4.79 Å². The lowest BCUT2D eigenvalue weighted by molar-refractivity contribution is 0.0601. The lowest BCUT2D eigenvalue weighted by Gasteiger charge is -2.35. The van der Waals surface area contributed by atoms with E-state index in [1.807, 2.05) is 35.2 Å². The van der Waals surface area contributed by atoms with Crippen molar-refractivity contribution in [3.8, 4) is 0 Å². The summed E-state index contributed by atoms with van der Waals surface area (Å²) in [5.41, 5.74) is 1.37. The maximum atomic E-state index is 12.9. The maximum absolute atomic E-state index is 12.9. The Labute approximate surface area is 169 Å². The van der Waals surface area contributed by atoms with E-state index in [1.54, 1.807) is 6.07 Å². The number of benzene rings is 1. The van der Waals surface area contributed by atoms with Crippen LogP contribution in [0.2, 0.25) is 10.0 Å². The van der Waals surface area contributed by atoms with Crippen molar-refractivity contribution >= 4 is 40.9 Å². The Balaban J connectivity index is 1.72. The molecule has 26 heavy (non-hydrogen) atoms. The summed E-state index contributed by atoms with van der Waals surface area (Å²) < 4.78 is 0. The van der Waals surface area contributed by atoms with Gasteiger partial charge in [-0.05, 0) is 49.9 Å². The number of hydrogen-bond donors (Lipinski definition) is 0. The van der Waals surface area contributed by atoms with E-state index >= 15 is 0 Å². The molecule has 1 saturated heterocycles. The van der Waals surface area contributed by atoms with Crippen molar-refractivity contribution in [3.05, 3.63) is 57.8 Å². The fourth-order valence-corrected chi connectivity index (χ4v) is 4.87. The molecule has 2 aromatic rings. The number of nitrogens with zero attached hydrogens (tertiary/aromatic N) is 2. The molecule has 1 unspecified atom stereocenters. The van der Waals surface area contributed by atoms with Gasteiger partial charge in [-0.2, -0.15) is 0 Å². The Kier molecular flexibility index (Phi) is 6.85. The minimum absolute atomic E-state index is 0.0409. The summed E-state index contributed by atoms with van der Waals surface area (Å²) in [7, 11) is 0. The van der Waals surface area contributed by atoms with Gasteiger partial charge in [0.15, 0.2) is 0 Å². The van der Waals surface area contributed by atoms with Gasteiger partial charge in [-0.1, -0.05) is 42.3 Å². The van der Waals surface area contributed by atoms with Gasteiger partial charge >= 0.3 is 0 Å². The molecule has 1 fully saturated rings. The molecule has 1 aliphatic heterocycles. The zero-order valence-electron chi connectivity index (χ0n) is 14.8. The number of aromatic nitrogens is 1. The maximum Gasteiger partial charge on any atom is 0.272 e. The van der Waals surface area contributed by atoms with Crippen molar-refractivity contribution in [2.45, 2.75) is 49.3 Å². The van der Waals surface area contributed by atoms with Crippen molar-refractivity contribution < 1.29 is 4.79 Å². The number of piperidine rings is 1. The zero-order valence-corrected chi connectivity index (χ0v) is 17.1. The van der Waals surface area contributed by atoms with Crippen LogP contribution in [0.25, 0.3) is 0 Å². The van der Waals surface area contributed by atoms with E-state index in [-0.39, 0.29) is 5.91 Å². The molecule has 3 nitrogen and oxygen atoms in total. The summed E-state index contributed by atoms with van der Waals surface area (Å²) in [4.78, 5) is 20.3. The summed E-state index contributed by atoms with van der Waals surface area (Å²) >= 11 is 14.0. The first-order valence-electron chi connectivity index (χ1n) is 8.94. The predicted octanol–water partition coefficient (Wildman–Crippen LogP) is 6.09. The van der Waals surface area contributed by atoms with Gasteiger partial charge in [0.25, 0.3) is 5.91 Å². The van der Waals surface area contributed by atoms with Gasteiger partial charge in [0, 0.05) is 23.2 Å². The minimum atomic E-state index is 0.0409. The van der Waals surface area contributed by atoms with Gasteiger partial charge in [-0.25, -0.2) is 4.98 Å². The number of halogens is 2. The van der Waals surface area contributed by atoms with Crippen LogP contribution in [0, 0.1) is 0 Å². The fraction of sp³-hybridized carbons (Fsp3) is 0.400. The number of thioether (sulfide) groups is 1. The minimum Gasteiger partial charge on any atom is -0.334 e. The Morgan fingerprint density at radius 2 is 1.92 bits per heavy atom. The molecule has 138 valence electrons. The van der Waals surface area contributed by atoms with E-state index in [1.165, 1.54) is 18.2 Å². The number of hydrogen-bond acceptors (Lipinski definition) is 3. The first-order chi connectivity index (χ1) is 12.6. The van der Waals surface area contributed by atoms with Crippen LogP contribution >= 0.6 is 35.0 Å². The highest BCUT2D eigenvalue weighted by molar-refractivity contribution is 7.98. The largest absolute Gasteiger partial charge is 0.334 e. The Morgan fingerprint density at radius 1 is 1.19 bits per heavy atom. The molecule has 3 rings (SSSR count). The van der Waals surface area contributed by atoms with Crippen LogP contribution in [0.15, 0.2) is 41.3 Å². The molecule has 0 N–H and O–H groups in total. The second-order valence-corrected chi connectivity index (χ2v) is 8.21. The number of amides is 1. The van der Waals surface area contributed by atoms with Gasteiger partial charge in [-0.3, -0.25) is 4.79 Å². The molecule has 1 aromatic carbocycles. The van der Waals surface area contributed by atoms with Crippen molar-refractivity contribution in [3.63, 3.8) is 0 Å². The smallest absolute Gasteiger partial charge is 0.272 e. The van der Waals surface area contributed by atoms with Crippen molar-refractivity contribution in [1.82, 2.24) is 9.88 Å². The standard InChI is InChI=1S/C20H22Cl2N2OS/c1-2-15-8-3-4-12-24(15)20(25)18-11-5-7-14(23-18)13-26-19-16(21)9-6-10-17(19)22/h5-7,9-11,15H,2-4,8,12-13H2,1H3. The lowest BCUT2D eigenvalue weighted by Crippen LogP contribution is -2.43. The second kappa shape index (κ2) is 9.12. The molecule has 0 saturated carbocycles. The molecule has 0 aliphatic carbocycles. The first kappa shape index (κ1) is 19.5. The fourth-order valence-electron chi connectivity index (χ4n) is 3.29. The summed E-state index contributed by atoms with van der Waals surface area (Å²) in [6, 6.07) is 11.4. The number of likely N-dealkylation sites (tertiary alicyclic amines) is 1. The summed E-state index contributed by atoms with van der Waals surface area (Å²) in [6.45, 7) is 2.97. The van der Waals surface area contributed by atoms with Crippen LogP contribution in [0.1, 0.15) is 48.8 Å². The third-order valence-corrected chi connectivity index (χ3v) is 6.69. The summed E-state index contributed by atoms with van der Waals surface area (Å²) in [6.07, 6.45) is 4.35. The van der Waals surface area contributed by atoms with Gasteiger partial charge in [0.05, 0.1) is 15.7 Å². The molecule has 6 heteroatoms. The van der Waals surface area contributed by atoms with Crippen LogP contribution in [0.3, 0.4) is 0 Å². The van der Waals surface area contributed by atoms with Crippen molar-refractivity contribution in [1.29, 1.82) is 0 Å². The van der Waals surface area contributed by atoms with E-state index in [0.717, 1.165) is 36.4 Å². The van der Waals surface area contributed by atoms with Crippen LogP contribution in [0.4, 0.5) is 0 Å². The van der Waals surface area contributed by atoms with E-state index in [2.05, 4.69) is 11.9 Å². The van der Waals surface area contributed by atoms with Gasteiger partial charge in [-0.15, -0.1) is 11.8 Å². The predicted molar refractivity (Wildman–Crippen MR) is 109 cm³/mol. The van der Waals surface area contributed by atoms with Crippen LogP contribution < -0.4 is 0 Å². The number of carbonyl (C=O) groups excluding carboxylic acids is 1. The summed E-state index contributed by atoms with van der Waals surface area (Å²) in [5, 5.41) is 1.27. The summed E-state index contributed by atoms with van der Waals surface area (Å²) in [5.74, 6) is 0.654. The normalized spacial score (nSPS) is 17.3. The molecule has 1 atom stereocenters. The number of carbonyl (C=O) groups is 1. The van der Waals surface area contributed by atoms with Crippen LogP contribution in [-0.2, 0) is 5.75 Å². The topological polar surface area (TPSA) is 33.2 Å². The highest BCUT2D eigenvalue weighted by Crippen LogP contribution is 2.35. The van der Waals surface area contributed by atoms with Gasteiger partial charge < -0.3 is 4.90 Å². The molecule has 1 aliphatic rings. The average Bonchev–Trinajstić information content (AvgIpc) is 2.67. The molecular weight excluding hydrogens is 387 g/mol. The van der Waals surface area contributed by atoms with Gasteiger partial charge in [0.2, 0.25) is 0 Å². The Hall–Kier alpha value is -1.23.